The summed E-state index contributed by atoms with van der Waals surface area (Å²) in [7, 11) is 0. The molecule has 3 heteroatoms. The second-order valence-corrected chi connectivity index (χ2v) is 5.68. The Morgan fingerprint density at radius 1 is 0.739 bits per heavy atom. The summed E-state index contributed by atoms with van der Waals surface area (Å²) in [6.07, 6.45) is 7.76. The zero-order valence-corrected chi connectivity index (χ0v) is 18.9. The van der Waals surface area contributed by atoms with Gasteiger partial charge in [-0.25, -0.2) is 24.3 Å². The molecule has 2 rings (SSSR count). The largest absolute Gasteiger partial charge is 4.00 e. The summed E-state index contributed by atoms with van der Waals surface area (Å²) in [5.74, 6) is 0. The molecule has 0 saturated carbocycles. The van der Waals surface area contributed by atoms with E-state index >= 15 is 0 Å². The number of hydrogen-bond donors (Lipinski definition) is 0. The Bertz CT molecular complexity index is 427. The smallest absolute Gasteiger partial charge is 1.00 e. The van der Waals surface area contributed by atoms with Crippen LogP contribution in [0.2, 0.25) is 0 Å². The van der Waals surface area contributed by atoms with Gasteiger partial charge in [0.25, 0.3) is 0 Å². The third-order valence-electron chi connectivity index (χ3n) is 3.90. The minimum atomic E-state index is 0. The van der Waals surface area contributed by atoms with Crippen molar-refractivity contribution >= 4 is 0 Å². The van der Waals surface area contributed by atoms with Crippen molar-refractivity contribution in [2.24, 2.45) is 0 Å². The SMILES string of the molecule is CCCCc1ccc[c-]1C.CCCCc1ccc[c-]1C.[Cl-].[Cl-].[Zr+4]. The van der Waals surface area contributed by atoms with Crippen LogP contribution in [0.1, 0.15) is 61.8 Å². The van der Waals surface area contributed by atoms with Crippen LogP contribution in [0.5, 0.6) is 0 Å². The predicted molar refractivity (Wildman–Crippen MR) is 90.8 cm³/mol. The van der Waals surface area contributed by atoms with E-state index in [1.54, 1.807) is 0 Å². The first-order valence-electron chi connectivity index (χ1n) is 8.11. The van der Waals surface area contributed by atoms with Gasteiger partial charge in [0.05, 0.1) is 0 Å². The van der Waals surface area contributed by atoms with Gasteiger partial charge in [-0.1, -0.05) is 66.2 Å². The number of halogens is 2. The average molecular weight is 433 g/mol. The van der Waals surface area contributed by atoms with E-state index < -0.39 is 0 Å². The summed E-state index contributed by atoms with van der Waals surface area (Å²) in [6, 6.07) is 13.1. The summed E-state index contributed by atoms with van der Waals surface area (Å²) in [5.41, 5.74) is 5.96. The zero-order valence-electron chi connectivity index (χ0n) is 15.0. The van der Waals surface area contributed by atoms with Crippen LogP contribution in [-0.4, -0.2) is 0 Å². The van der Waals surface area contributed by atoms with E-state index in [1.807, 2.05) is 0 Å². The van der Waals surface area contributed by atoms with Gasteiger partial charge in [0.1, 0.15) is 0 Å². The fraction of sp³-hybridized carbons (Fsp3) is 0.500. The predicted octanol–water partition coefficient (Wildman–Crippen LogP) is 0.119. The molecule has 0 nitrogen and oxygen atoms in total. The standard InChI is InChI=1S/2C10H15.2ClH.Zr/c2*1-3-4-7-10-8-5-6-9(10)2;;;/h2*5-6,8H,3-4,7H2,1-2H3;2*1H;/q2*-1;;;+4/p-2. The Kier molecular flexibility index (Phi) is 20.7. The second kappa shape index (κ2) is 17.0. The molecule has 0 N–H and O–H groups in total. The summed E-state index contributed by atoms with van der Waals surface area (Å²) in [6.45, 7) is 8.84. The Morgan fingerprint density at radius 3 is 1.30 bits per heavy atom. The molecule has 0 saturated heterocycles. The molecule has 0 amide bonds. The summed E-state index contributed by atoms with van der Waals surface area (Å²) in [5, 5.41) is 0. The molecule has 0 fully saturated rings. The molecule has 23 heavy (non-hydrogen) atoms. The van der Waals surface area contributed by atoms with Crippen molar-refractivity contribution in [1.29, 1.82) is 0 Å². The third kappa shape index (κ3) is 11.4. The molecule has 0 heterocycles. The van der Waals surface area contributed by atoms with Crippen LogP contribution < -0.4 is 24.8 Å². The molecule has 0 atom stereocenters. The molecule has 0 radical (unpaired) electrons. The molecule has 0 aliphatic heterocycles. The molecular weight excluding hydrogens is 402 g/mol. The first kappa shape index (κ1) is 28.0. The van der Waals surface area contributed by atoms with Gasteiger partial charge in [0.2, 0.25) is 0 Å². The minimum Gasteiger partial charge on any atom is -1.00 e. The van der Waals surface area contributed by atoms with Crippen molar-refractivity contribution in [2.75, 3.05) is 0 Å². The summed E-state index contributed by atoms with van der Waals surface area (Å²) >= 11 is 0. The fourth-order valence-electron chi connectivity index (χ4n) is 2.39. The number of unbranched alkanes of at least 4 members (excludes halogenated alkanes) is 2. The molecule has 128 valence electrons. The maximum absolute atomic E-state index is 2.23. The molecule has 2 aromatic rings. The van der Waals surface area contributed by atoms with Gasteiger partial charge < -0.3 is 24.8 Å². The van der Waals surface area contributed by atoms with Crippen LogP contribution in [0.3, 0.4) is 0 Å². The molecule has 2 aromatic carbocycles. The second-order valence-electron chi connectivity index (χ2n) is 5.68. The quantitative estimate of drug-likeness (QED) is 0.569. The Hall–Kier alpha value is 0.163. The van der Waals surface area contributed by atoms with E-state index in [4.69, 9.17) is 0 Å². The van der Waals surface area contributed by atoms with Gasteiger partial charge in [0.15, 0.2) is 0 Å². The Balaban J connectivity index is -0.000000308. The van der Waals surface area contributed by atoms with E-state index in [1.165, 1.54) is 60.8 Å². The van der Waals surface area contributed by atoms with Gasteiger partial charge in [-0.05, 0) is 0 Å². The van der Waals surface area contributed by atoms with E-state index in [2.05, 4.69) is 64.1 Å². The first-order valence-corrected chi connectivity index (χ1v) is 8.11. The van der Waals surface area contributed by atoms with Crippen molar-refractivity contribution in [3.63, 3.8) is 0 Å². The number of rotatable bonds is 6. The Labute approximate surface area is 175 Å². The molecular formula is C20H30Cl2Zr. The maximum Gasteiger partial charge on any atom is 4.00 e. The normalized spacial score (nSPS) is 8.87. The van der Waals surface area contributed by atoms with Crippen LogP contribution in [0.4, 0.5) is 0 Å². The number of hydrogen-bond acceptors (Lipinski definition) is 0. The van der Waals surface area contributed by atoms with Crippen LogP contribution in [0, 0.1) is 13.8 Å². The average Bonchev–Trinajstić information content (AvgIpc) is 3.04. The number of aryl methyl sites for hydroxylation is 4. The van der Waals surface area contributed by atoms with E-state index in [0.717, 1.165) is 0 Å². The summed E-state index contributed by atoms with van der Waals surface area (Å²) in [4.78, 5) is 0. The van der Waals surface area contributed by atoms with E-state index in [0.29, 0.717) is 0 Å². The third-order valence-corrected chi connectivity index (χ3v) is 3.90. The van der Waals surface area contributed by atoms with Crippen molar-refractivity contribution in [3.8, 4) is 0 Å². The first-order chi connectivity index (χ1) is 9.69. The molecule has 0 aliphatic carbocycles. The molecule has 0 spiro atoms. The van der Waals surface area contributed by atoms with Crippen molar-refractivity contribution < 1.29 is 51.0 Å². The summed E-state index contributed by atoms with van der Waals surface area (Å²) < 4.78 is 0. The van der Waals surface area contributed by atoms with Gasteiger partial charge in [0, 0.05) is 0 Å². The zero-order chi connectivity index (χ0) is 14.8. The topological polar surface area (TPSA) is 0 Å². The van der Waals surface area contributed by atoms with Crippen LogP contribution >= 0.6 is 0 Å². The van der Waals surface area contributed by atoms with Gasteiger partial charge in [-0.2, -0.15) is 34.4 Å². The van der Waals surface area contributed by atoms with Crippen LogP contribution in [0.25, 0.3) is 0 Å². The minimum absolute atomic E-state index is 0. The van der Waals surface area contributed by atoms with Crippen LogP contribution in [-0.2, 0) is 39.0 Å². The monoisotopic (exact) mass is 430 g/mol. The van der Waals surface area contributed by atoms with Crippen molar-refractivity contribution in [1.82, 2.24) is 0 Å². The van der Waals surface area contributed by atoms with E-state index in [-0.39, 0.29) is 51.0 Å². The molecule has 0 bridgehead atoms. The van der Waals surface area contributed by atoms with Crippen LogP contribution in [0.15, 0.2) is 36.4 Å². The molecule has 0 aliphatic rings. The fourth-order valence-corrected chi connectivity index (χ4v) is 2.39. The van der Waals surface area contributed by atoms with Crippen molar-refractivity contribution in [2.45, 2.75) is 66.2 Å². The molecule has 0 aromatic heterocycles. The van der Waals surface area contributed by atoms with Gasteiger partial charge in [-0.15, -0.1) is 0 Å². The van der Waals surface area contributed by atoms with Crippen molar-refractivity contribution in [3.05, 3.63) is 58.7 Å². The Morgan fingerprint density at radius 2 is 1.09 bits per heavy atom. The van der Waals surface area contributed by atoms with E-state index in [9.17, 15) is 0 Å². The maximum atomic E-state index is 2.23. The van der Waals surface area contributed by atoms with Gasteiger partial charge in [-0.3, -0.25) is 0 Å². The van der Waals surface area contributed by atoms with Gasteiger partial charge >= 0.3 is 26.2 Å². The molecule has 0 unspecified atom stereocenters.